The third-order valence-corrected chi connectivity index (χ3v) is 9.67. The van der Waals surface area contributed by atoms with Crippen LogP contribution in [0.15, 0.2) is 18.7 Å². The first-order valence-corrected chi connectivity index (χ1v) is 12.1. The molecule has 0 amide bonds. The average Bonchev–Trinajstić information content (AvgIpc) is 3.34. The molecule has 4 fully saturated rings. The van der Waals surface area contributed by atoms with Crippen LogP contribution in [0.1, 0.15) is 64.7 Å². The smallest absolute Gasteiger partial charge is 0.156 e. The highest BCUT2D eigenvalue weighted by molar-refractivity contribution is 6.30. The molecule has 0 aliphatic heterocycles. The molecule has 4 nitrogen and oxygen atoms in total. The van der Waals surface area contributed by atoms with Gasteiger partial charge >= 0.3 is 0 Å². The van der Waals surface area contributed by atoms with Gasteiger partial charge in [0.15, 0.2) is 5.78 Å². The third kappa shape index (κ3) is 3.33. The molecule has 4 aliphatic rings. The van der Waals surface area contributed by atoms with Crippen molar-refractivity contribution in [1.29, 1.82) is 0 Å². The summed E-state index contributed by atoms with van der Waals surface area (Å²) in [5.41, 5.74) is -0.720. The molecule has 1 N–H and O–H groups in total. The first-order chi connectivity index (χ1) is 14.4. The fraction of sp³-hybridized carbons (Fsp3) is 0.760. The first-order valence-electron chi connectivity index (χ1n) is 11.8. The van der Waals surface area contributed by atoms with E-state index in [-0.39, 0.29) is 11.3 Å². The predicted octanol–water partition coefficient (Wildman–Crippen LogP) is 4.65. The van der Waals surface area contributed by atoms with Crippen molar-refractivity contribution >= 4 is 17.4 Å². The summed E-state index contributed by atoms with van der Waals surface area (Å²) in [4.78, 5) is 17.3. The van der Waals surface area contributed by atoms with Crippen LogP contribution in [0.25, 0.3) is 0 Å². The number of Topliss-reactive ketones (excluding diaryl/α,β-unsaturated/α-hetero) is 1. The van der Waals surface area contributed by atoms with Crippen LogP contribution in [0.3, 0.4) is 0 Å². The molecule has 4 aliphatic carbocycles. The summed E-state index contributed by atoms with van der Waals surface area (Å²) >= 11 is 5.62. The van der Waals surface area contributed by atoms with Gasteiger partial charge in [0.05, 0.1) is 12.9 Å². The number of aromatic nitrogens is 2. The molecule has 0 unspecified atom stereocenters. The molecule has 0 bridgehead atoms. The Bertz CT molecular complexity index is 858. The molecule has 162 valence electrons. The number of carbonyl (C=O) groups is 1. The van der Waals surface area contributed by atoms with Gasteiger partial charge in [0.2, 0.25) is 0 Å². The summed E-state index contributed by atoms with van der Waals surface area (Å²) in [7, 11) is 0. The second kappa shape index (κ2) is 7.68. The van der Waals surface area contributed by atoms with E-state index >= 15 is 0 Å². The monoisotopic (exact) mass is 428 g/mol. The lowest BCUT2D eigenvalue weighted by atomic mass is 9.49. The number of ketones is 1. The molecule has 30 heavy (non-hydrogen) atoms. The number of hydrogen-bond acceptors (Lipinski definition) is 3. The molecule has 0 saturated heterocycles. The number of fused-ring (bicyclic) bond motifs is 5. The van der Waals surface area contributed by atoms with Gasteiger partial charge in [-0.3, -0.25) is 4.79 Å². The van der Waals surface area contributed by atoms with Crippen LogP contribution < -0.4 is 0 Å². The Kier molecular flexibility index (Phi) is 5.27. The predicted molar refractivity (Wildman–Crippen MR) is 116 cm³/mol. The number of hydrogen-bond donors (Lipinski definition) is 1. The van der Waals surface area contributed by atoms with E-state index < -0.39 is 5.60 Å². The lowest BCUT2D eigenvalue weighted by molar-refractivity contribution is -0.132. The van der Waals surface area contributed by atoms with Crippen molar-refractivity contribution in [2.45, 2.75) is 76.9 Å². The first kappa shape index (κ1) is 20.6. The molecule has 5 heteroatoms. The van der Waals surface area contributed by atoms with E-state index in [4.69, 9.17) is 11.6 Å². The van der Waals surface area contributed by atoms with Crippen molar-refractivity contribution in [1.82, 2.24) is 9.55 Å². The highest BCUT2D eigenvalue weighted by atomic mass is 35.5. The zero-order valence-electron chi connectivity index (χ0n) is 17.9. The number of halogens is 1. The van der Waals surface area contributed by atoms with E-state index in [1.807, 2.05) is 10.8 Å². The lowest BCUT2D eigenvalue weighted by Gasteiger charge is -2.56. The maximum absolute atomic E-state index is 13.2. The minimum Gasteiger partial charge on any atom is -0.378 e. The van der Waals surface area contributed by atoms with Gasteiger partial charge in [-0.2, -0.15) is 0 Å². The van der Waals surface area contributed by atoms with E-state index in [2.05, 4.69) is 23.2 Å². The van der Waals surface area contributed by atoms with Gasteiger partial charge in [0.1, 0.15) is 5.60 Å². The van der Waals surface area contributed by atoms with Gasteiger partial charge in [0, 0.05) is 23.7 Å². The molecule has 1 aromatic heterocycles. The number of carbonyl (C=O) groups excluding carboxylic acids is 1. The highest BCUT2D eigenvalue weighted by Gasteiger charge is 2.58. The zero-order chi connectivity index (χ0) is 20.9. The van der Waals surface area contributed by atoms with Gasteiger partial charge in [-0.25, -0.2) is 4.98 Å². The summed E-state index contributed by atoms with van der Waals surface area (Å²) in [6, 6.07) is 0. The maximum Gasteiger partial charge on any atom is 0.156 e. The number of imidazole rings is 1. The molecule has 0 radical (unpaired) electrons. The Morgan fingerprint density at radius 3 is 2.77 bits per heavy atom. The lowest BCUT2D eigenvalue weighted by Crippen LogP contribution is -2.51. The second-order valence-corrected chi connectivity index (χ2v) is 11.0. The topological polar surface area (TPSA) is 55.1 Å². The molecule has 5 rings (SSSR count). The number of rotatable bonds is 3. The summed E-state index contributed by atoms with van der Waals surface area (Å²) in [5, 5.41) is 13.2. The van der Waals surface area contributed by atoms with Crippen LogP contribution in [0.5, 0.6) is 0 Å². The van der Waals surface area contributed by atoms with Crippen LogP contribution in [0.2, 0.25) is 0 Å². The van der Waals surface area contributed by atoms with Crippen LogP contribution in [-0.4, -0.2) is 26.0 Å². The van der Waals surface area contributed by atoms with Crippen molar-refractivity contribution in [3.63, 3.8) is 0 Å². The van der Waals surface area contributed by atoms with Gasteiger partial charge in [-0.05, 0) is 104 Å². The Morgan fingerprint density at radius 1 is 1.17 bits per heavy atom. The number of aliphatic hydroxyl groups is 1. The van der Waals surface area contributed by atoms with E-state index in [0.29, 0.717) is 30.1 Å². The van der Waals surface area contributed by atoms with E-state index in [0.717, 1.165) is 37.5 Å². The number of nitrogens with zero attached hydrogens (tertiary/aromatic N) is 2. The summed E-state index contributed by atoms with van der Waals surface area (Å²) in [6.07, 6.45) is 15.1. The van der Waals surface area contributed by atoms with Crippen molar-refractivity contribution in [2.24, 2.45) is 40.9 Å². The Labute approximate surface area is 184 Å². The zero-order valence-corrected chi connectivity index (χ0v) is 18.7. The highest BCUT2D eigenvalue weighted by Crippen LogP contribution is 2.64. The fourth-order valence-electron chi connectivity index (χ4n) is 8.28. The van der Waals surface area contributed by atoms with Crippen LogP contribution in [-0.2, 0) is 11.3 Å². The van der Waals surface area contributed by atoms with Gasteiger partial charge in [0.25, 0.3) is 0 Å². The minimum absolute atomic E-state index is 0.158. The van der Waals surface area contributed by atoms with Gasteiger partial charge < -0.3 is 9.67 Å². The average molecular weight is 429 g/mol. The van der Waals surface area contributed by atoms with Crippen LogP contribution >= 0.6 is 11.6 Å². The van der Waals surface area contributed by atoms with Crippen molar-refractivity contribution in [3.8, 4) is 11.3 Å². The van der Waals surface area contributed by atoms with Crippen molar-refractivity contribution in [2.75, 3.05) is 0 Å². The van der Waals surface area contributed by atoms with E-state index in [1.54, 1.807) is 12.5 Å². The SMILES string of the molecule is C[C@]12CC[C@H]3[C@@H](CC[C@@H]4C[C@@](O)(C#CCl)CC[C@@H]43)[C@@H]1CC[C@@H]2C(=O)Cn1ccnc1. The van der Waals surface area contributed by atoms with Crippen molar-refractivity contribution < 1.29 is 9.90 Å². The fourth-order valence-corrected chi connectivity index (χ4v) is 8.46. The largest absolute Gasteiger partial charge is 0.378 e. The van der Waals surface area contributed by atoms with Gasteiger partial charge in [-0.15, -0.1) is 0 Å². The van der Waals surface area contributed by atoms with E-state index in [1.165, 1.54) is 32.1 Å². The Balaban J connectivity index is 1.31. The summed E-state index contributed by atoms with van der Waals surface area (Å²) < 4.78 is 1.92. The van der Waals surface area contributed by atoms with Gasteiger partial charge in [-0.1, -0.05) is 12.8 Å². The molecular weight excluding hydrogens is 396 g/mol. The molecule has 8 atom stereocenters. The van der Waals surface area contributed by atoms with Crippen LogP contribution in [0.4, 0.5) is 0 Å². The van der Waals surface area contributed by atoms with E-state index in [9.17, 15) is 9.90 Å². The normalized spacial score (nSPS) is 44.9. The van der Waals surface area contributed by atoms with Crippen molar-refractivity contribution in [3.05, 3.63) is 18.7 Å². The molecular formula is C25H33ClN2O2. The minimum atomic E-state index is -0.878. The maximum atomic E-state index is 13.2. The summed E-state index contributed by atoms with van der Waals surface area (Å²) in [6.45, 7) is 2.88. The molecule has 4 saturated carbocycles. The molecule has 0 spiro atoms. The molecule has 0 aromatic carbocycles. The Hall–Kier alpha value is -1.31. The third-order valence-electron chi connectivity index (χ3n) is 9.58. The second-order valence-electron chi connectivity index (χ2n) is 10.8. The standard InChI is InChI=1S/C25H33ClN2O2/c1-24-8-6-19-18-7-9-25(30,10-11-26)14-17(18)2-3-20(19)21(24)4-5-22(24)23(29)15-28-13-12-27-16-28/h12-13,16-22,30H,2-9,14-15H2,1H3/t17-,18+,19-,20-,21+,22-,24+,25+/m1/s1. The Morgan fingerprint density at radius 2 is 2.00 bits per heavy atom. The quantitative estimate of drug-likeness (QED) is 0.713. The molecule has 1 aromatic rings. The summed E-state index contributed by atoms with van der Waals surface area (Å²) in [5.74, 6) is 6.94. The van der Waals surface area contributed by atoms with Crippen LogP contribution in [0, 0.1) is 52.2 Å². The molecule has 1 heterocycles.